The zero-order chi connectivity index (χ0) is 9.10. The van der Waals surface area contributed by atoms with Crippen molar-refractivity contribution in [1.29, 1.82) is 0 Å². The summed E-state index contributed by atoms with van der Waals surface area (Å²) in [6, 6.07) is 0. The van der Waals surface area contributed by atoms with E-state index in [1.54, 1.807) is 29.6 Å². The van der Waals surface area contributed by atoms with Crippen molar-refractivity contribution in [1.82, 2.24) is 25.0 Å². The van der Waals surface area contributed by atoms with Gasteiger partial charge in [-0.3, -0.25) is 0 Å². The van der Waals surface area contributed by atoms with Crippen molar-refractivity contribution in [2.75, 3.05) is 0 Å². The molecule has 0 aliphatic rings. The van der Waals surface area contributed by atoms with Crippen LogP contribution in [-0.4, -0.2) is 25.0 Å². The molecule has 0 spiro atoms. The van der Waals surface area contributed by atoms with E-state index in [0.717, 1.165) is 11.4 Å². The number of rotatable bonds is 2. The van der Waals surface area contributed by atoms with Crippen LogP contribution in [0.1, 0.15) is 11.4 Å². The van der Waals surface area contributed by atoms with Crippen molar-refractivity contribution >= 4 is 0 Å². The van der Waals surface area contributed by atoms with Gasteiger partial charge in [0.15, 0.2) is 0 Å². The van der Waals surface area contributed by atoms with Crippen LogP contribution in [0.4, 0.5) is 0 Å². The molecule has 2 aromatic rings. The molecular formula is C8H9N5. The van der Waals surface area contributed by atoms with Crippen molar-refractivity contribution in [2.45, 2.75) is 13.5 Å². The first kappa shape index (κ1) is 7.85. The van der Waals surface area contributed by atoms with Crippen LogP contribution >= 0.6 is 0 Å². The van der Waals surface area contributed by atoms with Crippen molar-refractivity contribution in [2.24, 2.45) is 0 Å². The third-order valence-electron chi connectivity index (χ3n) is 1.62. The molecule has 5 heteroatoms. The van der Waals surface area contributed by atoms with Gasteiger partial charge in [0.05, 0.1) is 18.9 Å². The predicted molar refractivity (Wildman–Crippen MR) is 45.9 cm³/mol. The molecule has 0 amide bonds. The van der Waals surface area contributed by atoms with Gasteiger partial charge in [-0.15, -0.1) is 0 Å². The third kappa shape index (κ3) is 1.87. The molecule has 0 unspecified atom stereocenters. The Morgan fingerprint density at radius 2 is 1.77 bits per heavy atom. The van der Waals surface area contributed by atoms with Gasteiger partial charge in [-0.05, 0) is 6.92 Å². The van der Waals surface area contributed by atoms with Crippen molar-refractivity contribution in [3.8, 4) is 0 Å². The van der Waals surface area contributed by atoms with Crippen LogP contribution in [0.15, 0.2) is 24.8 Å². The number of aryl methyl sites for hydroxylation is 1. The molecule has 5 nitrogen and oxygen atoms in total. The summed E-state index contributed by atoms with van der Waals surface area (Å²) in [5, 5.41) is 7.97. The summed E-state index contributed by atoms with van der Waals surface area (Å²) in [4.78, 5) is 9.75. The van der Waals surface area contributed by atoms with Crippen LogP contribution in [0.3, 0.4) is 0 Å². The SMILES string of the molecule is Cc1ncc(Cn2nccn2)cn1. The molecular weight excluding hydrogens is 166 g/mol. The van der Waals surface area contributed by atoms with E-state index in [1.165, 1.54) is 0 Å². The Bertz CT molecular complexity index is 364. The smallest absolute Gasteiger partial charge is 0.125 e. The largest absolute Gasteiger partial charge is 0.241 e. The average Bonchev–Trinajstić information content (AvgIpc) is 2.62. The Balaban J connectivity index is 2.15. The van der Waals surface area contributed by atoms with Crippen LogP contribution in [0.5, 0.6) is 0 Å². The molecule has 2 aromatic heterocycles. The van der Waals surface area contributed by atoms with Gasteiger partial charge >= 0.3 is 0 Å². The molecule has 0 saturated carbocycles. The van der Waals surface area contributed by atoms with Gasteiger partial charge in [0.1, 0.15) is 5.82 Å². The van der Waals surface area contributed by atoms with Crippen molar-refractivity contribution in [3.05, 3.63) is 36.2 Å². The molecule has 0 saturated heterocycles. The normalized spacial score (nSPS) is 10.2. The molecule has 0 aromatic carbocycles. The zero-order valence-corrected chi connectivity index (χ0v) is 7.25. The quantitative estimate of drug-likeness (QED) is 0.664. The van der Waals surface area contributed by atoms with Crippen LogP contribution in [-0.2, 0) is 6.54 Å². The first-order chi connectivity index (χ1) is 6.34. The second kappa shape index (κ2) is 3.30. The molecule has 0 aliphatic heterocycles. The molecule has 0 aliphatic carbocycles. The van der Waals surface area contributed by atoms with E-state index in [9.17, 15) is 0 Å². The van der Waals surface area contributed by atoms with Crippen molar-refractivity contribution < 1.29 is 0 Å². The van der Waals surface area contributed by atoms with Gasteiger partial charge in [0.2, 0.25) is 0 Å². The summed E-state index contributed by atoms with van der Waals surface area (Å²) < 4.78 is 0. The highest BCUT2D eigenvalue weighted by molar-refractivity contribution is 5.04. The topological polar surface area (TPSA) is 56.5 Å². The molecule has 0 bridgehead atoms. The van der Waals surface area contributed by atoms with E-state index in [2.05, 4.69) is 20.2 Å². The van der Waals surface area contributed by atoms with Gasteiger partial charge < -0.3 is 0 Å². The molecule has 13 heavy (non-hydrogen) atoms. The maximum Gasteiger partial charge on any atom is 0.125 e. The van der Waals surface area contributed by atoms with E-state index in [4.69, 9.17) is 0 Å². The zero-order valence-electron chi connectivity index (χ0n) is 7.25. The van der Waals surface area contributed by atoms with E-state index < -0.39 is 0 Å². The van der Waals surface area contributed by atoms with Gasteiger partial charge in [0.25, 0.3) is 0 Å². The maximum atomic E-state index is 4.08. The Morgan fingerprint density at radius 1 is 1.15 bits per heavy atom. The van der Waals surface area contributed by atoms with Crippen LogP contribution in [0.2, 0.25) is 0 Å². The standard InChI is InChI=1S/C8H9N5/c1-7-9-4-8(5-10-7)6-13-11-2-3-12-13/h2-5H,6H2,1H3. The summed E-state index contributed by atoms with van der Waals surface area (Å²) in [5.74, 6) is 0.775. The van der Waals surface area contributed by atoms with Crippen molar-refractivity contribution in [3.63, 3.8) is 0 Å². The Hall–Kier alpha value is -1.78. The van der Waals surface area contributed by atoms with E-state index >= 15 is 0 Å². The van der Waals surface area contributed by atoms with E-state index in [-0.39, 0.29) is 0 Å². The molecule has 0 N–H and O–H groups in total. The summed E-state index contributed by atoms with van der Waals surface area (Å²) >= 11 is 0. The molecule has 0 atom stereocenters. The molecule has 2 rings (SSSR count). The average molecular weight is 175 g/mol. The minimum absolute atomic E-state index is 0.618. The second-order valence-corrected chi connectivity index (χ2v) is 2.70. The third-order valence-corrected chi connectivity index (χ3v) is 1.62. The second-order valence-electron chi connectivity index (χ2n) is 2.70. The highest BCUT2D eigenvalue weighted by Crippen LogP contribution is 1.96. The minimum atomic E-state index is 0.618. The van der Waals surface area contributed by atoms with E-state index in [1.807, 2.05) is 6.92 Å². The molecule has 0 radical (unpaired) electrons. The summed E-state index contributed by atoms with van der Waals surface area (Å²) in [5.41, 5.74) is 1.00. The lowest BCUT2D eigenvalue weighted by Gasteiger charge is -1.98. The lowest BCUT2D eigenvalue weighted by atomic mass is 10.3. The van der Waals surface area contributed by atoms with Crippen LogP contribution < -0.4 is 0 Å². The number of hydrogen-bond acceptors (Lipinski definition) is 4. The number of nitrogens with zero attached hydrogens (tertiary/aromatic N) is 5. The fourth-order valence-corrected chi connectivity index (χ4v) is 0.989. The Morgan fingerprint density at radius 3 is 2.38 bits per heavy atom. The summed E-state index contributed by atoms with van der Waals surface area (Å²) in [6.45, 7) is 2.48. The molecule has 0 fully saturated rings. The Kier molecular flexibility index (Phi) is 1.99. The van der Waals surface area contributed by atoms with Gasteiger partial charge in [-0.25, -0.2) is 9.97 Å². The highest BCUT2D eigenvalue weighted by Gasteiger charge is 1.96. The fraction of sp³-hybridized carbons (Fsp3) is 0.250. The maximum absolute atomic E-state index is 4.08. The summed E-state index contributed by atoms with van der Waals surface area (Å²) in [7, 11) is 0. The van der Waals surface area contributed by atoms with Gasteiger partial charge in [-0.1, -0.05) is 0 Å². The predicted octanol–water partition coefficient (Wildman–Crippen LogP) is 0.425. The van der Waals surface area contributed by atoms with Gasteiger partial charge in [-0.2, -0.15) is 15.0 Å². The fourth-order valence-electron chi connectivity index (χ4n) is 0.989. The highest BCUT2D eigenvalue weighted by atomic mass is 15.5. The first-order valence-electron chi connectivity index (χ1n) is 3.96. The lowest BCUT2D eigenvalue weighted by molar-refractivity contribution is 0.588. The number of hydrogen-bond donors (Lipinski definition) is 0. The monoisotopic (exact) mass is 175 g/mol. The molecule has 66 valence electrons. The van der Waals surface area contributed by atoms with Crippen LogP contribution in [0, 0.1) is 6.92 Å². The first-order valence-corrected chi connectivity index (χ1v) is 3.96. The Labute approximate surface area is 75.5 Å². The summed E-state index contributed by atoms with van der Waals surface area (Å²) in [6.07, 6.45) is 6.86. The number of aromatic nitrogens is 5. The lowest BCUT2D eigenvalue weighted by Crippen LogP contribution is -2.04. The van der Waals surface area contributed by atoms with E-state index in [0.29, 0.717) is 6.54 Å². The molecule has 2 heterocycles. The van der Waals surface area contributed by atoms with Gasteiger partial charge in [0, 0.05) is 18.0 Å². The van der Waals surface area contributed by atoms with Crippen LogP contribution in [0.25, 0.3) is 0 Å². The minimum Gasteiger partial charge on any atom is -0.241 e.